The highest BCUT2D eigenvalue weighted by molar-refractivity contribution is 6.30. The molecular weight excluding hydrogens is 244 g/mol. The third-order valence-electron chi connectivity index (χ3n) is 2.60. The summed E-state index contributed by atoms with van der Waals surface area (Å²) in [6, 6.07) is 13.5. The first-order valence-electron chi connectivity index (χ1n) is 5.63. The zero-order chi connectivity index (χ0) is 13.1. The number of nitriles is 1. The summed E-state index contributed by atoms with van der Waals surface area (Å²) in [5.41, 5.74) is 4.64. The Morgan fingerprint density at radius 2 is 1.72 bits per heavy atom. The quantitative estimate of drug-likeness (QED) is 0.854. The van der Waals surface area contributed by atoms with Gasteiger partial charge in [0.15, 0.2) is 0 Å². The van der Waals surface area contributed by atoms with Gasteiger partial charge in [-0.15, -0.1) is 0 Å². The molecule has 2 aromatic rings. The van der Waals surface area contributed by atoms with Gasteiger partial charge in [-0.05, 0) is 55.3 Å². The molecule has 0 amide bonds. The van der Waals surface area contributed by atoms with Crippen molar-refractivity contribution in [1.29, 1.82) is 5.26 Å². The zero-order valence-corrected chi connectivity index (χ0v) is 11.0. The summed E-state index contributed by atoms with van der Waals surface area (Å²) >= 11 is 5.95. The Morgan fingerprint density at radius 1 is 1.06 bits per heavy atom. The summed E-state index contributed by atoms with van der Waals surface area (Å²) in [5.74, 6) is 0. The summed E-state index contributed by atoms with van der Waals surface area (Å²) < 4.78 is 0. The molecule has 0 unspecified atom stereocenters. The lowest BCUT2D eigenvalue weighted by Crippen LogP contribution is -1.94. The fourth-order valence-corrected chi connectivity index (χ4v) is 2.09. The summed E-state index contributed by atoms with van der Waals surface area (Å²) in [6.45, 7) is 4.09. The van der Waals surface area contributed by atoms with Gasteiger partial charge in [0.1, 0.15) is 6.07 Å². The standard InChI is InChI=1S/C15H13ClN2/c1-10-5-11(2)7-14(6-10)18-15-8-13(16)4-3-12(15)9-17/h3-8,18H,1-2H3. The van der Waals surface area contributed by atoms with Crippen molar-refractivity contribution in [3.05, 3.63) is 58.1 Å². The van der Waals surface area contributed by atoms with E-state index in [1.807, 2.05) is 26.0 Å². The monoisotopic (exact) mass is 256 g/mol. The van der Waals surface area contributed by atoms with Crippen LogP contribution in [0.2, 0.25) is 5.02 Å². The average molecular weight is 257 g/mol. The van der Waals surface area contributed by atoms with Crippen molar-refractivity contribution in [2.24, 2.45) is 0 Å². The van der Waals surface area contributed by atoms with E-state index in [0.717, 1.165) is 11.4 Å². The number of hydrogen-bond acceptors (Lipinski definition) is 2. The number of nitrogens with one attached hydrogen (secondary N) is 1. The molecule has 18 heavy (non-hydrogen) atoms. The highest BCUT2D eigenvalue weighted by Crippen LogP contribution is 2.25. The number of benzene rings is 2. The first-order chi connectivity index (χ1) is 8.58. The smallest absolute Gasteiger partial charge is 0.101 e. The molecule has 3 heteroatoms. The van der Waals surface area contributed by atoms with E-state index < -0.39 is 0 Å². The summed E-state index contributed by atoms with van der Waals surface area (Å²) in [5, 5.41) is 12.9. The van der Waals surface area contributed by atoms with E-state index in [0.29, 0.717) is 10.6 Å². The van der Waals surface area contributed by atoms with Gasteiger partial charge in [0.05, 0.1) is 11.3 Å². The molecule has 0 saturated heterocycles. The number of halogens is 1. The van der Waals surface area contributed by atoms with Crippen LogP contribution in [0.25, 0.3) is 0 Å². The Kier molecular flexibility index (Phi) is 3.55. The lowest BCUT2D eigenvalue weighted by molar-refractivity contribution is 1.37. The van der Waals surface area contributed by atoms with Gasteiger partial charge in [-0.3, -0.25) is 0 Å². The molecule has 90 valence electrons. The van der Waals surface area contributed by atoms with E-state index in [-0.39, 0.29) is 0 Å². The summed E-state index contributed by atoms with van der Waals surface area (Å²) in [6.07, 6.45) is 0. The van der Waals surface area contributed by atoms with Crippen LogP contribution >= 0.6 is 11.6 Å². The van der Waals surface area contributed by atoms with Crippen LogP contribution in [0.15, 0.2) is 36.4 Å². The maximum absolute atomic E-state index is 9.06. The van der Waals surface area contributed by atoms with E-state index >= 15 is 0 Å². The van der Waals surface area contributed by atoms with Crippen LogP contribution in [-0.2, 0) is 0 Å². The molecule has 0 fully saturated rings. The number of nitrogens with zero attached hydrogens (tertiary/aromatic N) is 1. The van der Waals surface area contributed by atoms with Crippen LogP contribution in [0.3, 0.4) is 0 Å². The highest BCUT2D eigenvalue weighted by atomic mass is 35.5. The van der Waals surface area contributed by atoms with Crippen molar-refractivity contribution in [2.45, 2.75) is 13.8 Å². The van der Waals surface area contributed by atoms with Gasteiger partial charge in [-0.1, -0.05) is 17.7 Å². The predicted molar refractivity (Wildman–Crippen MR) is 75.4 cm³/mol. The van der Waals surface area contributed by atoms with Crippen molar-refractivity contribution in [2.75, 3.05) is 5.32 Å². The number of aryl methyl sites for hydroxylation is 2. The average Bonchev–Trinajstić information content (AvgIpc) is 2.27. The minimum atomic E-state index is 0.582. The third kappa shape index (κ3) is 2.82. The largest absolute Gasteiger partial charge is 0.354 e. The molecule has 2 rings (SSSR count). The fraction of sp³-hybridized carbons (Fsp3) is 0.133. The molecule has 0 atom stereocenters. The van der Waals surface area contributed by atoms with Gasteiger partial charge >= 0.3 is 0 Å². The molecule has 2 aromatic carbocycles. The van der Waals surface area contributed by atoms with E-state index in [2.05, 4.69) is 17.5 Å². The van der Waals surface area contributed by atoms with Crippen LogP contribution in [0.1, 0.15) is 16.7 Å². The molecule has 0 heterocycles. The number of hydrogen-bond donors (Lipinski definition) is 1. The molecule has 2 nitrogen and oxygen atoms in total. The maximum atomic E-state index is 9.06. The second-order valence-electron chi connectivity index (χ2n) is 4.30. The second-order valence-corrected chi connectivity index (χ2v) is 4.74. The lowest BCUT2D eigenvalue weighted by atomic mass is 10.1. The van der Waals surface area contributed by atoms with Crippen molar-refractivity contribution in [1.82, 2.24) is 0 Å². The first kappa shape index (κ1) is 12.5. The molecule has 0 aromatic heterocycles. The van der Waals surface area contributed by atoms with Crippen LogP contribution in [0.4, 0.5) is 11.4 Å². The van der Waals surface area contributed by atoms with Crippen LogP contribution in [-0.4, -0.2) is 0 Å². The van der Waals surface area contributed by atoms with E-state index in [9.17, 15) is 0 Å². The van der Waals surface area contributed by atoms with Crippen molar-refractivity contribution < 1.29 is 0 Å². The Labute approximate surface area is 112 Å². The normalized spacial score (nSPS) is 9.89. The predicted octanol–water partition coefficient (Wildman–Crippen LogP) is 4.57. The number of rotatable bonds is 2. The van der Waals surface area contributed by atoms with E-state index in [1.165, 1.54) is 11.1 Å². The Balaban J connectivity index is 2.39. The Hall–Kier alpha value is -1.98. The lowest BCUT2D eigenvalue weighted by Gasteiger charge is -2.10. The third-order valence-corrected chi connectivity index (χ3v) is 2.84. The Bertz CT molecular complexity index is 607. The second kappa shape index (κ2) is 5.12. The molecule has 0 aliphatic heterocycles. The SMILES string of the molecule is Cc1cc(C)cc(Nc2cc(Cl)ccc2C#N)c1. The van der Waals surface area contributed by atoms with Crippen LogP contribution in [0, 0.1) is 25.2 Å². The molecular formula is C15H13ClN2. The van der Waals surface area contributed by atoms with Crippen molar-refractivity contribution in [3.8, 4) is 6.07 Å². The minimum Gasteiger partial charge on any atom is -0.354 e. The molecule has 0 spiro atoms. The fourth-order valence-electron chi connectivity index (χ4n) is 1.92. The number of anilines is 2. The topological polar surface area (TPSA) is 35.8 Å². The minimum absolute atomic E-state index is 0.582. The van der Waals surface area contributed by atoms with Gasteiger partial charge in [0.2, 0.25) is 0 Å². The van der Waals surface area contributed by atoms with Crippen LogP contribution < -0.4 is 5.32 Å². The summed E-state index contributed by atoms with van der Waals surface area (Å²) in [7, 11) is 0. The van der Waals surface area contributed by atoms with Crippen LogP contribution in [0.5, 0.6) is 0 Å². The van der Waals surface area contributed by atoms with Gasteiger partial charge < -0.3 is 5.32 Å². The molecule has 1 N–H and O–H groups in total. The zero-order valence-electron chi connectivity index (χ0n) is 10.3. The Morgan fingerprint density at radius 3 is 2.33 bits per heavy atom. The molecule has 0 radical (unpaired) electrons. The maximum Gasteiger partial charge on any atom is 0.101 e. The van der Waals surface area contributed by atoms with E-state index in [1.54, 1.807) is 18.2 Å². The van der Waals surface area contributed by atoms with E-state index in [4.69, 9.17) is 16.9 Å². The first-order valence-corrected chi connectivity index (χ1v) is 6.01. The molecule has 0 saturated carbocycles. The van der Waals surface area contributed by atoms with Gasteiger partial charge in [-0.2, -0.15) is 5.26 Å². The molecule has 0 bridgehead atoms. The molecule has 0 aliphatic carbocycles. The van der Waals surface area contributed by atoms with Crippen molar-refractivity contribution in [3.63, 3.8) is 0 Å². The van der Waals surface area contributed by atoms with Gasteiger partial charge in [0, 0.05) is 10.7 Å². The highest BCUT2D eigenvalue weighted by Gasteiger charge is 2.04. The van der Waals surface area contributed by atoms with Gasteiger partial charge in [-0.25, -0.2) is 0 Å². The molecule has 0 aliphatic rings. The van der Waals surface area contributed by atoms with Crippen molar-refractivity contribution >= 4 is 23.0 Å². The summed E-state index contributed by atoms with van der Waals surface area (Å²) in [4.78, 5) is 0. The van der Waals surface area contributed by atoms with Gasteiger partial charge in [0.25, 0.3) is 0 Å².